The van der Waals surface area contributed by atoms with Crippen molar-refractivity contribution < 1.29 is 4.39 Å². The summed E-state index contributed by atoms with van der Waals surface area (Å²) in [5.74, 6) is 1.04. The van der Waals surface area contributed by atoms with Gasteiger partial charge in [0.15, 0.2) is 11.0 Å². The standard InChI is InChI=1S/C17H14Cl2FN3S/c1-2-23-16(11-6-8-12(20)9-7-11)21-22-17(23)24-10-13-14(18)4-3-5-15(13)19/h3-9H,2,10H2,1H3. The maximum Gasteiger partial charge on any atom is 0.191 e. The smallest absolute Gasteiger partial charge is 0.191 e. The first-order chi connectivity index (χ1) is 11.6. The Morgan fingerprint density at radius 3 is 2.33 bits per heavy atom. The van der Waals surface area contributed by atoms with E-state index < -0.39 is 0 Å². The fourth-order valence-corrected chi connectivity index (χ4v) is 4.04. The Hall–Kier alpha value is -1.56. The molecule has 0 fully saturated rings. The molecular formula is C17H14Cl2FN3S. The first-order valence-electron chi connectivity index (χ1n) is 7.35. The third kappa shape index (κ3) is 3.58. The van der Waals surface area contributed by atoms with Crippen LogP contribution in [0.5, 0.6) is 0 Å². The number of halogens is 3. The summed E-state index contributed by atoms with van der Waals surface area (Å²) in [6.07, 6.45) is 0. The second-order valence-corrected chi connectivity index (χ2v) is 6.80. The lowest BCUT2D eigenvalue weighted by molar-refractivity contribution is 0.627. The summed E-state index contributed by atoms with van der Waals surface area (Å²) < 4.78 is 15.1. The van der Waals surface area contributed by atoms with Crippen LogP contribution < -0.4 is 0 Å². The average Bonchev–Trinajstić information content (AvgIpc) is 2.98. The molecule has 3 rings (SSSR count). The van der Waals surface area contributed by atoms with Gasteiger partial charge in [0.25, 0.3) is 0 Å². The van der Waals surface area contributed by atoms with Gasteiger partial charge in [-0.2, -0.15) is 0 Å². The molecule has 1 heterocycles. The fourth-order valence-electron chi connectivity index (χ4n) is 2.30. The Kier molecular flexibility index (Phi) is 5.43. The van der Waals surface area contributed by atoms with E-state index in [1.807, 2.05) is 29.7 Å². The number of aromatic nitrogens is 3. The topological polar surface area (TPSA) is 30.7 Å². The lowest BCUT2D eigenvalue weighted by Gasteiger charge is -2.09. The van der Waals surface area contributed by atoms with Crippen LogP contribution in [0.2, 0.25) is 10.0 Å². The van der Waals surface area contributed by atoms with Crippen molar-refractivity contribution in [3.8, 4) is 11.4 Å². The van der Waals surface area contributed by atoms with E-state index in [4.69, 9.17) is 23.2 Å². The molecule has 0 bridgehead atoms. The number of hydrogen-bond acceptors (Lipinski definition) is 3. The highest BCUT2D eigenvalue weighted by Crippen LogP contribution is 2.32. The largest absolute Gasteiger partial charge is 0.302 e. The van der Waals surface area contributed by atoms with Crippen LogP contribution in [0.15, 0.2) is 47.6 Å². The predicted octanol–water partition coefficient (Wildman–Crippen LogP) is 5.70. The first kappa shape index (κ1) is 17.3. The summed E-state index contributed by atoms with van der Waals surface area (Å²) in [4.78, 5) is 0. The number of hydrogen-bond donors (Lipinski definition) is 0. The van der Waals surface area contributed by atoms with Crippen LogP contribution in [-0.2, 0) is 12.3 Å². The number of benzene rings is 2. The molecule has 2 aromatic carbocycles. The molecule has 24 heavy (non-hydrogen) atoms. The van der Waals surface area contributed by atoms with Gasteiger partial charge in [0.05, 0.1) is 0 Å². The van der Waals surface area contributed by atoms with Crippen molar-refractivity contribution in [3.05, 3.63) is 63.9 Å². The Labute approximate surface area is 153 Å². The van der Waals surface area contributed by atoms with Gasteiger partial charge in [-0.05, 0) is 48.9 Å². The quantitative estimate of drug-likeness (QED) is 0.530. The van der Waals surface area contributed by atoms with E-state index >= 15 is 0 Å². The minimum atomic E-state index is -0.274. The predicted molar refractivity (Wildman–Crippen MR) is 97.1 cm³/mol. The van der Waals surface area contributed by atoms with Crippen molar-refractivity contribution in [1.29, 1.82) is 0 Å². The zero-order chi connectivity index (χ0) is 17.1. The van der Waals surface area contributed by atoms with Gasteiger partial charge in [-0.3, -0.25) is 0 Å². The van der Waals surface area contributed by atoms with Crippen LogP contribution in [0.4, 0.5) is 4.39 Å². The van der Waals surface area contributed by atoms with Gasteiger partial charge in [0, 0.05) is 27.9 Å². The highest BCUT2D eigenvalue weighted by molar-refractivity contribution is 7.98. The molecule has 3 nitrogen and oxygen atoms in total. The van der Waals surface area contributed by atoms with Crippen LogP contribution in [0.3, 0.4) is 0 Å². The van der Waals surface area contributed by atoms with Crippen LogP contribution >= 0.6 is 35.0 Å². The SMILES string of the molecule is CCn1c(SCc2c(Cl)cccc2Cl)nnc1-c1ccc(F)cc1. The molecule has 0 amide bonds. The molecule has 0 atom stereocenters. The van der Waals surface area contributed by atoms with E-state index in [9.17, 15) is 4.39 Å². The van der Waals surface area contributed by atoms with Gasteiger partial charge in [-0.25, -0.2) is 4.39 Å². The summed E-state index contributed by atoms with van der Waals surface area (Å²) in [7, 11) is 0. The second kappa shape index (κ2) is 7.55. The maximum atomic E-state index is 13.1. The molecule has 0 unspecified atom stereocenters. The Morgan fingerprint density at radius 2 is 1.71 bits per heavy atom. The van der Waals surface area contributed by atoms with Crippen LogP contribution in [-0.4, -0.2) is 14.8 Å². The van der Waals surface area contributed by atoms with Gasteiger partial charge >= 0.3 is 0 Å². The van der Waals surface area contributed by atoms with E-state index in [-0.39, 0.29) is 5.82 Å². The lowest BCUT2D eigenvalue weighted by atomic mass is 10.2. The molecule has 1 aromatic heterocycles. The molecule has 7 heteroatoms. The van der Waals surface area contributed by atoms with Crippen molar-refractivity contribution in [2.45, 2.75) is 24.4 Å². The van der Waals surface area contributed by atoms with E-state index in [0.717, 1.165) is 16.3 Å². The third-order valence-corrected chi connectivity index (χ3v) is 5.24. The third-order valence-electron chi connectivity index (χ3n) is 3.54. The van der Waals surface area contributed by atoms with Crippen molar-refractivity contribution in [3.63, 3.8) is 0 Å². The highest BCUT2D eigenvalue weighted by atomic mass is 35.5. The van der Waals surface area contributed by atoms with Crippen molar-refractivity contribution >= 4 is 35.0 Å². The van der Waals surface area contributed by atoms with Gasteiger partial charge in [0.1, 0.15) is 5.82 Å². The minimum Gasteiger partial charge on any atom is -0.302 e. The summed E-state index contributed by atoms with van der Waals surface area (Å²) in [5, 5.41) is 10.5. The van der Waals surface area contributed by atoms with E-state index in [2.05, 4.69) is 10.2 Å². The Morgan fingerprint density at radius 1 is 1.04 bits per heavy atom. The second-order valence-electron chi connectivity index (χ2n) is 5.05. The van der Waals surface area contributed by atoms with Gasteiger partial charge in [-0.15, -0.1) is 10.2 Å². The molecule has 0 spiro atoms. The zero-order valence-corrected chi connectivity index (χ0v) is 15.2. The zero-order valence-electron chi connectivity index (χ0n) is 12.8. The molecule has 0 aliphatic rings. The summed E-state index contributed by atoms with van der Waals surface area (Å²) in [5.41, 5.74) is 1.70. The molecule has 0 radical (unpaired) electrons. The van der Waals surface area contributed by atoms with Gasteiger partial charge < -0.3 is 4.57 Å². The molecule has 3 aromatic rings. The number of rotatable bonds is 5. The van der Waals surface area contributed by atoms with Crippen molar-refractivity contribution in [2.24, 2.45) is 0 Å². The normalized spacial score (nSPS) is 11.0. The number of nitrogens with zero attached hydrogens (tertiary/aromatic N) is 3. The highest BCUT2D eigenvalue weighted by Gasteiger charge is 2.15. The molecule has 0 saturated heterocycles. The molecule has 0 aliphatic heterocycles. The van der Waals surface area contributed by atoms with Crippen molar-refractivity contribution in [1.82, 2.24) is 14.8 Å². The van der Waals surface area contributed by atoms with Crippen LogP contribution in [0.1, 0.15) is 12.5 Å². The van der Waals surface area contributed by atoms with Gasteiger partial charge in [-0.1, -0.05) is 41.0 Å². The van der Waals surface area contributed by atoms with E-state index in [0.29, 0.717) is 28.2 Å². The molecule has 0 N–H and O–H groups in total. The molecule has 0 saturated carbocycles. The van der Waals surface area contributed by atoms with E-state index in [1.54, 1.807) is 12.1 Å². The molecule has 124 valence electrons. The fraction of sp³-hybridized carbons (Fsp3) is 0.176. The lowest BCUT2D eigenvalue weighted by Crippen LogP contribution is -2.00. The first-order valence-corrected chi connectivity index (χ1v) is 9.09. The summed E-state index contributed by atoms with van der Waals surface area (Å²) in [6.45, 7) is 2.72. The van der Waals surface area contributed by atoms with Crippen LogP contribution in [0, 0.1) is 5.82 Å². The van der Waals surface area contributed by atoms with Gasteiger partial charge in [0.2, 0.25) is 0 Å². The minimum absolute atomic E-state index is 0.274. The average molecular weight is 382 g/mol. The summed E-state index contributed by atoms with van der Waals surface area (Å²) >= 11 is 13.9. The summed E-state index contributed by atoms with van der Waals surface area (Å²) in [6, 6.07) is 11.7. The maximum absolute atomic E-state index is 13.1. The Bertz CT molecular complexity index is 829. The van der Waals surface area contributed by atoms with Crippen LogP contribution in [0.25, 0.3) is 11.4 Å². The Balaban J connectivity index is 1.86. The number of thioether (sulfide) groups is 1. The monoisotopic (exact) mass is 381 g/mol. The molecular weight excluding hydrogens is 368 g/mol. The van der Waals surface area contributed by atoms with E-state index in [1.165, 1.54) is 23.9 Å². The molecule has 0 aliphatic carbocycles. The van der Waals surface area contributed by atoms with Crippen molar-refractivity contribution in [2.75, 3.05) is 0 Å².